The molecule has 0 bridgehead atoms. The number of esters is 1. The highest BCUT2D eigenvalue weighted by Crippen LogP contribution is 2.15. The van der Waals surface area contributed by atoms with Gasteiger partial charge in [-0.2, -0.15) is 0 Å². The first-order chi connectivity index (χ1) is 11.6. The van der Waals surface area contributed by atoms with Crippen LogP contribution in [0.1, 0.15) is 20.3 Å². The third kappa shape index (κ3) is 6.39. The van der Waals surface area contributed by atoms with Crippen LogP contribution in [0.25, 0.3) is 0 Å². The summed E-state index contributed by atoms with van der Waals surface area (Å²) < 4.78 is 56.8. The molecule has 0 saturated heterocycles. The molecule has 1 atom stereocenters. The Kier molecular flexibility index (Phi) is 7.43. The van der Waals surface area contributed by atoms with Gasteiger partial charge in [0.1, 0.15) is 22.6 Å². The average molecular weight is 378 g/mol. The van der Waals surface area contributed by atoms with Gasteiger partial charge in [-0.15, -0.1) is 0 Å². The summed E-state index contributed by atoms with van der Waals surface area (Å²) in [5.74, 6) is -3.57. The lowest BCUT2D eigenvalue weighted by atomic mass is 10.0. The van der Waals surface area contributed by atoms with E-state index in [0.29, 0.717) is 12.5 Å². The van der Waals surface area contributed by atoms with Crippen molar-refractivity contribution in [2.45, 2.75) is 31.2 Å². The van der Waals surface area contributed by atoms with Crippen molar-refractivity contribution < 1.29 is 31.5 Å². The molecule has 10 heteroatoms. The second-order valence-corrected chi connectivity index (χ2v) is 7.41. The second kappa shape index (κ2) is 8.86. The largest absolute Gasteiger partial charge is 0.467 e. The summed E-state index contributed by atoms with van der Waals surface area (Å²) in [6, 6.07) is 1.03. The minimum atomic E-state index is -4.36. The van der Waals surface area contributed by atoms with Crippen LogP contribution in [-0.2, 0) is 24.3 Å². The third-order valence-electron chi connectivity index (χ3n) is 3.13. The Morgan fingerprint density at radius 3 is 2.40 bits per heavy atom. The molecule has 0 fully saturated rings. The van der Waals surface area contributed by atoms with Gasteiger partial charge >= 0.3 is 5.97 Å². The number of benzene rings is 1. The number of nitrogens with one attached hydrogen (secondary N) is 2. The van der Waals surface area contributed by atoms with Gasteiger partial charge in [-0.1, -0.05) is 13.8 Å². The smallest absolute Gasteiger partial charge is 0.328 e. The van der Waals surface area contributed by atoms with Crippen molar-refractivity contribution in [3.05, 3.63) is 29.8 Å². The standard InChI is InChI=1S/C15H20F2N2O5S/c1-9(2)6-12(15(21)24-3)19-14(20)8-18-25(22,23)13-5-4-10(16)7-11(13)17/h4-5,7,9,12,18H,6,8H2,1-3H3,(H,19,20). The van der Waals surface area contributed by atoms with Gasteiger partial charge in [-0.3, -0.25) is 4.79 Å². The summed E-state index contributed by atoms with van der Waals surface area (Å²) in [5, 5.41) is 2.35. The fourth-order valence-electron chi connectivity index (χ4n) is 2.00. The highest BCUT2D eigenvalue weighted by Gasteiger charge is 2.24. The van der Waals surface area contributed by atoms with Crippen LogP contribution in [-0.4, -0.2) is 40.0 Å². The summed E-state index contributed by atoms with van der Waals surface area (Å²) in [7, 11) is -3.19. The number of carbonyl (C=O) groups excluding carboxylic acids is 2. The van der Waals surface area contributed by atoms with Crippen LogP contribution in [0.2, 0.25) is 0 Å². The molecule has 0 aliphatic heterocycles. The number of sulfonamides is 1. The Bertz CT molecular complexity index is 737. The second-order valence-electron chi connectivity index (χ2n) is 5.67. The molecular weight excluding hydrogens is 358 g/mol. The van der Waals surface area contributed by atoms with Crippen LogP contribution in [0.5, 0.6) is 0 Å². The van der Waals surface area contributed by atoms with E-state index < -0.39 is 51.0 Å². The maximum Gasteiger partial charge on any atom is 0.328 e. The Labute approximate surface area is 144 Å². The molecule has 0 aromatic heterocycles. The average Bonchev–Trinajstić information content (AvgIpc) is 2.50. The van der Waals surface area contributed by atoms with Gasteiger partial charge in [0.2, 0.25) is 15.9 Å². The number of rotatable bonds is 8. The van der Waals surface area contributed by atoms with E-state index in [2.05, 4.69) is 10.1 Å². The van der Waals surface area contributed by atoms with Crippen LogP contribution < -0.4 is 10.0 Å². The Morgan fingerprint density at radius 2 is 1.88 bits per heavy atom. The number of methoxy groups -OCH3 is 1. The molecule has 2 N–H and O–H groups in total. The lowest BCUT2D eigenvalue weighted by Crippen LogP contribution is -2.46. The molecule has 0 radical (unpaired) electrons. The molecule has 0 aliphatic rings. The highest BCUT2D eigenvalue weighted by molar-refractivity contribution is 7.89. The molecule has 1 aromatic carbocycles. The van der Waals surface area contributed by atoms with Crippen LogP contribution in [0.4, 0.5) is 8.78 Å². The third-order valence-corrected chi connectivity index (χ3v) is 4.57. The zero-order valence-corrected chi connectivity index (χ0v) is 14.8. The summed E-state index contributed by atoms with van der Waals surface area (Å²) in [6.07, 6.45) is 0.303. The number of amides is 1. The van der Waals surface area contributed by atoms with E-state index in [1.165, 1.54) is 7.11 Å². The van der Waals surface area contributed by atoms with E-state index in [-0.39, 0.29) is 5.92 Å². The van der Waals surface area contributed by atoms with Gasteiger partial charge in [-0.25, -0.2) is 26.7 Å². The topological polar surface area (TPSA) is 102 Å². The molecule has 1 amide bonds. The summed E-state index contributed by atoms with van der Waals surface area (Å²) in [6.45, 7) is 2.95. The van der Waals surface area contributed by atoms with E-state index in [4.69, 9.17) is 0 Å². The number of hydrogen-bond donors (Lipinski definition) is 2. The van der Waals surface area contributed by atoms with E-state index in [1.54, 1.807) is 0 Å². The van der Waals surface area contributed by atoms with Crippen LogP contribution in [0.3, 0.4) is 0 Å². The zero-order chi connectivity index (χ0) is 19.2. The van der Waals surface area contributed by atoms with Gasteiger partial charge in [0, 0.05) is 6.07 Å². The first-order valence-electron chi connectivity index (χ1n) is 7.38. The fraction of sp³-hybridized carbons (Fsp3) is 0.467. The monoisotopic (exact) mass is 378 g/mol. The molecule has 140 valence electrons. The van der Waals surface area contributed by atoms with Gasteiger partial charge in [0.05, 0.1) is 13.7 Å². The van der Waals surface area contributed by atoms with Crippen molar-refractivity contribution in [1.82, 2.24) is 10.0 Å². The molecule has 7 nitrogen and oxygen atoms in total. The predicted octanol–water partition coefficient (Wildman–Crippen LogP) is 0.947. The maximum atomic E-state index is 13.6. The highest BCUT2D eigenvalue weighted by atomic mass is 32.2. The first-order valence-corrected chi connectivity index (χ1v) is 8.87. The molecule has 0 saturated carbocycles. The van der Waals surface area contributed by atoms with Crippen molar-refractivity contribution in [1.29, 1.82) is 0 Å². The first kappa shape index (κ1) is 21.0. The fourth-order valence-corrected chi connectivity index (χ4v) is 3.04. The van der Waals surface area contributed by atoms with Crippen molar-refractivity contribution in [2.75, 3.05) is 13.7 Å². The molecule has 0 heterocycles. The van der Waals surface area contributed by atoms with Crippen molar-refractivity contribution >= 4 is 21.9 Å². The molecule has 1 aromatic rings. The van der Waals surface area contributed by atoms with Crippen molar-refractivity contribution in [3.8, 4) is 0 Å². The molecule has 1 rings (SSSR count). The summed E-state index contributed by atoms with van der Waals surface area (Å²) >= 11 is 0. The SMILES string of the molecule is COC(=O)C(CC(C)C)NC(=O)CNS(=O)(=O)c1ccc(F)cc1F. The summed E-state index contributed by atoms with van der Waals surface area (Å²) in [4.78, 5) is 22.7. The summed E-state index contributed by atoms with van der Waals surface area (Å²) in [5.41, 5.74) is 0. The lowest BCUT2D eigenvalue weighted by molar-refractivity contribution is -0.145. The van der Waals surface area contributed by atoms with Gasteiger partial charge in [0.15, 0.2) is 0 Å². The lowest BCUT2D eigenvalue weighted by Gasteiger charge is -2.18. The van der Waals surface area contributed by atoms with Crippen molar-refractivity contribution in [2.24, 2.45) is 5.92 Å². The van der Waals surface area contributed by atoms with Gasteiger partial charge in [-0.05, 0) is 24.5 Å². The van der Waals surface area contributed by atoms with Crippen LogP contribution in [0.15, 0.2) is 23.1 Å². The van der Waals surface area contributed by atoms with E-state index in [0.717, 1.165) is 12.1 Å². The molecule has 0 spiro atoms. The van der Waals surface area contributed by atoms with Crippen LogP contribution in [0, 0.1) is 17.6 Å². The van der Waals surface area contributed by atoms with E-state index >= 15 is 0 Å². The zero-order valence-electron chi connectivity index (χ0n) is 14.0. The van der Waals surface area contributed by atoms with Crippen molar-refractivity contribution in [3.63, 3.8) is 0 Å². The number of ether oxygens (including phenoxy) is 1. The quantitative estimate of drug-likeness (QED) is 0.656. The van der Waals surface area contributed by atoms with Gasteiger partial charge < -0.3 is 10.1 Å². The number of carbonyl (C=O) groups is 2. The Balaban J connectivity index is 2.75. The number of hydrogen-bond acceptors (Lipinski definition) is 5. The van der Waals surface area contributed by atoms with E-state index in [9.17, 15) is 26.8 Å². The van der Waals surface area contributed by atoms with Crippen LogP contribution >= 0.6 is 0 Å². The molecular formula is C15H20F2N2O5S. The number of halogens is 2. The van der Waals surface area contributed by atoms with E-state index in [1.807, 2.05) is 18.6 Å². The normalized spacial score (nSPS) is 12.7. The molecule has 25 heavy (non-hydrogen) atoms. The minimum absolute atomic E-state index is 0.0782. The Hall–Kier alpha value is -2.07. The Morgan fingerprint density at radius 1 is 1.24 bits per heavy atom. The maximum absolute atomic E-state index is 13.6. The molecule has 0 aliphatic carbocycles. The molecule has 1 unspecified atom stereocenters. The van der Waals surface area contributed by atoms with Gasteiger partial charge in [0.25, 0.3) is 0 Å². The minimum Gasteiger partial charge on any atom is -0.467 e. The predicted molar refractivity (Wildman–Crippen MR) is 84.9 cm³/mol.